The van der Waals surface area contributed by atoms with Crippen LogP contribution >= 0.6 is 27.3 Å². The highest BCUT2D eigenvalue weighted by atomic mass is 79.9. The Balaban J connectivity index is 1.92. The van der Waals surface area contributed by atoms with Crippen molar-refractivity contribution in [3.63, 3.8) is 0 Å². The van der Waals surface area contributed by atoms with Crippen LogP contribution in [0.25, 0.3) is 0 Å². The lowest BCUT2D eigenvalue weighted by molar-refractivity contribution is 0.589. The third-order valence-corrected chi connectivity index (χ3v) is 4.30. The van der Waals surface area contributed by atoms with Crippen molar-refractivity contribution in [3.8, 4) is 0 Å². The number of nitrogens with two attached hydrogens (primary N) is 1. The predicted molar refractivity (Wildman–Crippen MR) is 73.4 cm³/mol. The van der Waals surface area contributed by atoms with Gasteiger partial charge in [0.1, 0.15) is 5.82 Å². The Morgan fingerprint density at radius 2 is 2.12 bits per heavy atom. The zero-order valence-corrected chi connectivity index (χ0v) is 11.4. The lowest BCUT2D eigenvalue weighted by Gasteiger charge is -2.06. The van der Waals surface area contributed by atoms with Gasteiger partial charge in [0.2, 0.25) is 0 Å². The summed E-state index contributed by atoms with van der Waals surface area (Å²) in [5.41, 5.74) is 6.57. The van der Waals surface area contributed by atoms with Crippen LogP contribution in [-0.4, -0.2) is 0 Å². The smallest absolute Gasteiger partial charge is 0.129 e. The molecule has 3 N–H and O–H groups in total. The highest BCUT2D eigenvalue weighted by Gasteiger charge is 2.04. The van der Waals surface area contributed by atoms with Gasteiger partial charge in [0, 0.05) is 33.7 Å². The van der Waals surface area contributed by atoms with E-state index < -0.39 is 0 Å². The first-order chi connectivity index (χ1) is 8.16. The van der Waals surface area contributed by atoms with Crippen molar-refractivity contribution in [3.05, 3.63) is 50.4 Å². The molecule has 0 amide bonds. The first-order valence-electron chi connectivity index (χ1n) is 5.13. The zero-order chi connectivity index (χ0) is 12.3. The highest BCUT2D eigenvalue weighted by molar-refractivity contribution is 9.10. The first-order valence-corrected chi connectivity index (χ1v) is 6.80. The molecule has 0 bridgehead atoms. The van der Waals surface area contributed by atoms with E-state index in [-0.39, 0.29) is 5.82 Å². The molecular weight excluding hydrogens is 303 g/mol. The van der Waals surface area contributed by atoms with E-state index in [4.69, 9.17) is 5.73 Å². The maximum absolute atomic E-state index is 13.5. The van der Waals surface area contributed by atoms with Crippen molar-refractivity contribution in [1.82, 2.24) is 5.32 Å². The second-order valence-electron chi connectivity index (χ2n) is 3.65. The van der Waals surface area contributed by atoms with Gasteiger partial charge in [-0.05, 0) is 39.5 Å². The predicted octanol–water partition coefficient (Wildman–Crippen LogP) is 3.52. The fraction of sp³-hybridized carbons (Fsp3) is 0.167. The molecule has 2 nitrogen and oxygen atoms in total. The van der Waals surface area contributed by atoms with Crippen molar-refractivity contribution in [2.75, 3.05) is 5.73 Å². The van der Waals surface area contributed by atoms with E-state index in [2.05, 4.69) is 21.2 Å². The van der Waals surface area contributed by atoms with Crippen molar-refractivity contribution in [2.24, 2.45) is 0 Å². The molecule has 2 aromatic rings. The van der Waals surface area contributed by atoms with E-state index in [1.54, 1.807) is 23.5 Å². The number of hydrogen-bond donors (Lipinski definition) is 2. The van der Waals surface area contributed by atoms with E-state index in [0.29, 0.717) is 17.8 Å². The minimum atomic E-state index is -0.261. The Morgan fingerprint density at radius 3 is 2.76 bits per heavy atom. The topological polar surface area (TPSA) is 38.0 Å². The van der Waals surface area contributed by atoms with Crippen molar-refractivity contribution in [1.29, 1.82) is 0 Å². The summed E-state index contributed by atoms with van der Waals surface area (Å²) in [4.78, 5) is 1.21. The Kier molecular flexibility index (Phi) is 4.15. The molecule has 0 unspecified atom stereocenters. The minimum absolute atomic E-state index is 0.261. The van der Waals surface area contributed by atoms with Gasteiger partial charge in [-0.15, -0.1) is 11.3 Å². The fourth-order valence-electron chi connectivity index (χ4n) is 1.47. The minimum Gasteiger partial charge on any atom is -0.399 e. The maximum Gasteiger partial charge on any atom is 0.129 e. The van der Waals surface area contributed by atoms with Crippen LogP contribution in [0.5, 0.6) is 0 Å². The molecule has 5 heteroatoms. The van der Waals surface area contributed by atoms with Crippen molar-refractivity contribution < 1.29 is 4.39 Å². The molecule has 1 aromatic carbocycles. The van der Waals surface area contributed by atoms with Crippen LogP contribution in [0.3, 0.4) is 0 Å². The van der Waals surface area contributed by atoms with Gasteiger partial charge in [0.05, 0.1) is 0 Å². The van der Waals surface area contributed by atoms with E-state index >= 15 is 0 Å². The van der Waals surface area contributed by atoms with Gasteiger partial charge in [-0.25, -0.2) is 4.39 Å². The number of anilines is 1. The number of hydrogen-bond acceptors (Lipinski definition) is 3. The largest absolute Gasteiger partial charge is 0.399 e. The average molecular weight is 315 g/mol. The second-order valence-corrected chi connectivity index (χ2v) is 5.50. The molecule has 0 radical (unpaired) electrons. The Bertz CT molecular complexity index is 513. The van der Waals surface area contributed by atoms with Gasteiger partial charge in [0.25, 0.3) is 0 Å². The monoisotopic (exact) mass is 314 g/mol. The molecule has 0 fully saturated rings. The molecule has 17 heavy (non-hydrogen) atoms. The number of halogens is 2. The average Bonchev–Trinajstić information content (AvgIpc) is 2.68. The molecule has 0 saturated carbocycles. The van der Waals surface area contributed by atoms with Crippen LogP contribution < -0.4 is 11.1 Å². The summed E-state index contributed by atoms with van der Waals surface area (Å²) in [6.07, 6.45) is 0. The molecular formula is C12H12BrFN2S. The molecule has 0 spiro atoms. The number of thiophene rings is 1. The number of nitrogens with one attached hydrogen (secondary N) is 1. The van der Waals surface area contributed by atoms with Gasteiger partial charge in [0.15, 0.2) is 0 Å². The van der Waals surface area contributed by atoms with Crippen LogP contribution in [0.2, 0.25) is 0 Å². The molecule has 0 aliphatic rings. The molecule has 90 valence electrons. The van der Waals surface area contributed by atoms with Gasteiger partial charge in [-0.1, -0.05) is 6.07 Å². The number of rotatable bonds is 4. The normalized spacial score (nSPS) is 10.7. The summed E-state index contributed by atoms with van der Waals surface area (Å²) in [5, 5.41) is 5.22. The quantitative estimate of drug-likeness (QED) is 0.847. The first kappa shape index (κ1) is 12.5. The Labute approximate surface area is 112 Å². The van der Waals surface area contributed by atoms with E-state index in [9.17, 15) is 4.39 Å². The van der Waals surface area contributed by atoms with Crippen LogP contribution in [0.1, 0.15) is 10.4 Å². The van der Waals surface area contributed by atoms with E-state index in [1.807, 2.05) is 11.4 Å². The molecule has 0 aliphatic carbocycles. The van der Waals surface area contributed by atoms with Crippen LogP contribution in [0, 0.1) is 5.82 Å². The van der Waals surface area contributed by atoms with Gasteiger partial charge < -0.3 is 11.1 Å². The van der Waals surface area contributed by atoms with E-state index in [0.717, 1.165) is 11.0 Å². The lowest BCUT2D eigenvalue weighted by atomic mass is 10.2. The molecule has 2 rings (SSSR count). The summed E-state index contributed by atoms with van der Waals surface area (Å²) >= 11 is 5.12. The van der Waals surface area contributed by atoms with Gasteiger partial charge >= 0.3 is 0 Å². The number of nitrogen functional groups attached to an aromatic ring is 1. The van der Waals surface area contributed by atoms with Crippen molar-refractivity contribution in [2.45, 2.75) is 13.1 Å². The van der Waals surface area contributed by atoms with Crippen LogP contribution in [-0.2, 0) is 13.1 Å². The summed E-state index contributed by atoms with van der Waals surface area (Å²) in [6, 6.07) is 6.77. The van der Waals surface area contributed by atoms with Crippen LogP contribution in [0.15, 0.2) is 34.1 Å². The molecule has 0 atom stereocenters. The van der Waals surface area contributed by atoms with Crippen molar-refractivity contribution >= 4 is 33.0 Å². The van der Waals surface area contributed by atoms with Crippen LogP contribution in [0.4, 0.5) is 10.1 Å². The fourth-order valence-corrected chi connectivity index (χ4v) is 2.93. The summed E-state index contributed by atoms with van der Waals surface area (Å²) in [7, 11) is 0. The highest BCUT2D eigenvalue weighted by Crippen LogP contribution is 2.22. The molecule has 0 aliphatic heterocycles. The number of benzene rings is 1. The second kappa shape index (κ2) is 5.62. The van der Waals surface area contributed by atoms with E-state index in [1.165, 1.54) is 10.9 Å². The lowest BCUT2D eigenvalue weighted by Crippen LogP contribution is -2.13. The summed E-state index contributed by atoms with van der Waals surface area (Å²) < 4.78 is 14.6. The molecule has 0 saturated heterocycles. The summed E-state index contributed by atoms with van der Waals surface area (Å²) in [5.74, 6) is -0.261. The molecule has 1 aromatic heterocycles. The third-order valence-electron chi connectivity index (χ3n) is 2.37. The summed E-state index contributed by atoms with van der Waals surface area (Å²) in [6.45, 7) is 1.22. The Hall–Kier alpha value is -0.910. The maximum atomic E-state index is 13.5. The van der Waals surface area contributed by atoms with Gasteiger partial charge in [-0.2, -0.15) is 0 Å². The standard InChI is InChI=1S/C12H12BrFN2S/c13-10-3-4-17-12(10)7-16-6-8-1-2-9(15)5-11(8)14/h1-5,16H,6-7,15H2. The zero-order valence-electron chi connectivity index (χ0n) is 9.04. The third kappa shape index (κ3) is 3.28. The molecule has 1 heterocycles. The SMILES string of the molecule is Nc1ccc(CNCc2sccc2Br)c(F)c1. The Morgan fingerprint density at radius 1 is 1.29 bits per heavy atom. The van der Waals surface area contributed by atoms with Gasteiger partial charge in [-0.3, -0.25) is 0 Å².